The first-order valence-electron chi connectivity index (χ1n) is 11.2. The largest absolute Gasteiger partial charge is 0.489 e. The molecule has 0 unspecified atom stereocenters. The van der Waals surface area contributed by atoms with E-state index in [4.69, 9.17) is 11.2 Å². The van der Waals surface area contributed by atoms with Crippen LogP contribution in [0.25, 0.3) is 0 Å². The first-order valence-corrected chi connectivity index (χ1v) is 11.2. The van der Waals surface area contributed by atoms with Gasteiger partial charge in [0, 0.05) is 17.7 Å². The summed E-state index contributed by atoms with van der Waals surface area (Å²) in [5.41, 5.74) is 1.73. The number of rotatable bonds is 4. The Balaban J connectivity index is 0.000000733. The normalized spacial score (nSPS) is 12.3. The Labute approximate surface area is 201 Å². The highest BCUT2D eigenvalue weighted by molar-refractivity contribution is 6.02. The van der Waals surface area contributed by atoms with Crippen molar-refractivity contribution in [3.8, 4) is 18.1 Å². The van der Waals surface area contributed by atoms with Crippen LogP contribution in [0.2, 0.25) is 0 Å². The molecule has 0 saturated carbocycles. The minimum Gasteiger partial charge on any atom is -0.489 e. The fourth-order valence-electron chi connectivity index (χ4n) is 3.06. The monoisotopic (exact) mass is 473 g/mol. The van der Waals surface area contributed by atoms with Crippen LogP contribution in [0.15, 0.2) is 49.1 Å². The number of carbonyl (C=O) groups is 1. The Morgan fingerprint density at radius 2 is 1.79 bits per heavy atom. The van der Waals surface area contributed by atoms with Crippen molar-refractivity contribution in [1.82, 2.24) is 0 Å². The number of fused-ring (bicyclic) bond motifs is 1. The van der Waals surface area contributed by atoms with Crippen molar-refractivity contribution in [1.29, 1.82) is 0 Å². The Hall–Kier alpha value is -3.20. The molecule has 0 aliphatic carbocycles. The number of nitrogens with zero attached hydrogens (tertiary/aromatic N) is 1. The predicted octanol–water partition coefficient (Wildman–Crippen LogP) is 7.42. The number of amides is 1. The molecular weight excluding hydrogens is 439 g/mol. The summed E-state index contributed by atoms with van der Waals surface area (Å²) in [5, 5.41) is 0. The number of halogens is 3. The van der Waals surface area contributed by atoms with Gasteiger partial charge in [-0.25, -0.2) is 0 Å². The number of ether oxygens (including phenoxy) is 1. The molecule has 0 atom stereocenters. The molecule has 2 aromatic carbocycles. The molecule has 1 aliphatic rings. The molecule has 0 N–H and O–H groups in total. The number of carbonyl (C=O) groups excluding carboxylic acids is 1. The number of hydrogen-bond acceptors (Lipinski definition) is 2. The number of alkyl halides is 3. The highest BCUT2D eigenvalue weighted by Gasteiger charge is 2.31. The van der Waals surface area contributed by atoms with E-state index in [-0.39, 0.29) is 18.1 Å². The van der Waals surface area contributed by atoms with Crippen LogP contribution >= 0.6 is 0 Å². The lowest BCUT2D eigenvalue weighted by Gasteiger charge is -2.16. The molecule has 184 valence electrons. The van der Waals surface area contributed by atoms with E-state index < -0.39 is 11.7 Å². The molecule has 6 heteroatoms. The lowest BCUT2D eigenvalue weighted by atomic mass is 10.0. The maximum atomic E-state index is 13.0. The van der Waals surface area contributed by atoms with Gasteiger partial charge < -0.3 is 9.64 Å². The van der Waals surface area contributed by atoms with Gasteiger partial charge in [0.1, 0.15) is 12.4 Å². The third-order valence-corrected chi connectivity index (χ3v) is 4.31. The van der Waals surface area contributed by atoms with Crippen molar-refractivity contribution in [3.05, 3.63) is 71.3 Å². The summed E-state index contributed by atoms with van der Waals surface area (Å²) in [6.45, 7) is 16.7. The summed E-state index contributed by atoms with van der Waals surface area (Å²) in [7, 11) is 0. The van der Waals surface area contributed by atoms with Gasteiger partial charge in [0.25, 0.3) is 0 Å². The third-order valence-electron chi connectivity index (χ3n) is 4.31. The van der Waals surface area contributed by atoms with Gasteiger partial charge in [-0.1, -0.05) is 60.1 Å². The molecule has 2 aromatic rings. The molecule has 0 bridgehead atoms. The topological polar surface area (TPSA) is 29.5 Å². The van der Waals surface area contributed by atoms with E-state index in [0.29, 0.717) is 29.7 Å². The second-order valence-corrected chi connectivity index (χ2v) is 9.05. The van der Waals surface area contributed by atoms with Gasteiger partial charge in [-0.3, -0.25) is 4.79 Å². The average Bonchev–Trinajstić information content (AvgIpc) is 3.21. The smallest absolute Gasteiger partial charge is 0.416 e. The van der Waals surface area contributed by atoms with Crippen molar-refractivity contribution in [3.63, 3.8) is 0 Å². The predicted molar refractivity (Wildman–Crippen MR) is 133 cm³/mol. The lowest BCUT2D eigenvalue weighted by molar-refractivity contribution is -0.137. The molecule has 34 heavy (non-hydrogen) atoms. The summed E-state index contributed by atoms with van der Waals surface area (Å²) in [6.07, 6.45) is 2.62. The minimum atomic E-state index is -4.48. The van der Waals surface area contributed by atoms with Crippen LogP contribution < -0.4 is 9.64 Å². The van der Waals surface area contributed by atoms with Gasteiger partial charge in [-0.2, -0.15) is 13.2 Å². The van der Waals surface area contributed by atoms with Crippen LogP contribution in [0, 0.1) is 17.8 Å². The standard InChI is InChI=1S/C21H16F3NO2.C5H12.C2H6/c1-3-14-10-15(12-16(11-14)21(22,23)24)13-27-19-7-5-6-18-17(19)8-9-25(18)20(26)4-2;1-5(2,3)4;1-2/h1,4-7,10-12H,2,8-9,13H2;1-4H3;1-2H3. The van der Waals surface area contributed by atoms with Gasteiger partial charge >= 0.3 is 6.18 Å². The third kappa shape index (κ3) is 8.62. The number of benzene rings is 2. The quantitative estimate of drug-likeness (QED) is 0.342. The Morgan fingerprint density at radius 3 is 2.32 bits per heavy atom. The van der Waals surface area contributed by atoms with Crippen molar-refractivity contribution >= 4 is 11.6 Å². The first-order chi connectivity index (χ1) is 15.8. The molecule has 3 rings (SSSR count). The van der Waals surface area contributed by atoms with E-state index in [1.807, 2.05) is 13.8 Å². The van der Waals surface area contributed by atoms with Crippen molar-refractivity contribution in [2.45, 2.75) is 60.7 Å². The maximum Gasteiger partial charge on any atom is 0.416 e. The van der Waals surface area contributed by atoms with E-state index in [9.17, 15) is 18.0 Å². The minimum absolute atomic E-state index is 0.0650. The second-order valence-electron chi connectivity index (χ2n) is 9.05. The average molecular weight is 474 g/mol. The molecule has 1 amide bonds. The van der Waals surface area contributed by atoms with Crippen LogP contribution in [0.4, 0.5) is 18.9 Å². The zero-order chi connectivity index (χ0) is 26.1. The molecule has 0 fully saturated rings. The van der Waals surface area contributed by atoms with E-state index in [1.54, 1.807) is 23.1 Å². The van der Waals surface area contributed by atoms with Crippen molar-refractivity contribution in [2.24, 2.45) is 5.41 Å². The van der Waals surface area contributed by atoms with Gasteiger partial charge in [0.05, 0.1) is 11.3 Å². The van der Waals surface area contributed by atoms with Crippen molar-refractivity contribution < 1.29 is 22.7 Å². The lowest BCUT2D eigenvalue weighted by Crippen LogP contribution is -2.26. The second kappa shape index (κ2) is 12.3. The van der Waals surface area contributed by atoms with Crippen molar-refractivity contribution in [2.75, 3.05) is 11.4 Å². The van der Waals surface area contributed by atoms with E-state index >= 15 is 0 Å². The first kappa shape index (κ1) is 28.8. The summed E-state index contributed by atoms with van der Waals surface area (Å²) < 4.78 is 44.8. The molecule has 1 aliphatic heterocycles. The van der Waals surface area contributed by atoms with Gasteiger partial charge in [-0.15, -0.1) is 6.42 Å². The number of anilines is 1. The van der Waals surface area contributed by atoms with Crippen LogP contribution in [0.5, 0.6) is 5.75 Å². The van der Waals surface area contributed by atoms with Crippen LogP contribution in [-0.4, -0.2) is 12.5 Å². The molecule has 3 nitrogen and oxygen atoms in total. The summed E-state index contributed by atoms with van der Waals surface area (Å²) >= 11 is 0. The molecule has 0 radical (unpaired) electrons. The zero-order valence-electron chi connectivity index (χ0n) is 20.8. The SMILES string of the molecule is C#Cc1cc(COc2cccc3c2CCN3C(=O)C=C)cc(C(F)(F)F)c1.CC.CC(C)(C)C. The Bertz CT molecular complexity index is 1020. The van der Waals surface area contributed by atoms with Crippen LogP contribution in [0.3, 0.4) is 0 Å². The van der Waals surface area contributed by atoms with Crippen LogP contribution in [-0.2, 0) is 24.0 Å². The summed E-state index contributed by atoms with van der Waals surface area (Å²) in [6, 6.07) is 8.72. The molecular formula is C28H34F3NO2. The molecule has 0 aromatic heterocycles. The van der Waals surface area contributed by atoms with E-state index in [1.165, 1.54) is 12.1 Å². The van der Waals surface area contributed by atoms with E-state index in [2.05, 4.69) is 40.2 Å². The fourth-order valence-corrected chi connectivity index (χ4v) is 3.06. The molecule has 0 spiro atoms. The number of terminal acetylenes is 1. The molecule has 1 heterocycles. The van der Waals surface area contributed by atoms with Crippen LogP contribution in [0.1, 0.15) is 63.8 Å². The summed E-state index contributed by atoms with van der Waals surface area (Å²) in [5.74, 6) is 2.56. The maximum absolute atomic E-state index is 13.0. The highest BCUT2D eigenvalue weighted by atomic mass is 19.4. The number of hydrogen-bond donors (Lipinski definition) is 0. The van der Waals surface area contributed by atoms with E-state index in [0.717, 1.165) is 23.4 Å². The zero-order valence-corrected chi connectivity index (χ0v) is 20.8. The van der Waals surface area contributed by atoms with Gasteiger partial charge in [-0.05, 0) is 53.8 Å². The fraction of sp³-hybridized carbons (Fsp3) is 0.393. The Kier molecular flexibility index (Phi) is 10.4. The molecule has 0 saturated heterocycles. The Morgan fingerprint density at radius 1 is 1.18 bits per heavy atom. The summed E-state index contributed by atoms with van der Waals surface area (Å²) in [4.78, 5) is 13.5. The highest BCUT2D eigenvalue weighted by Crippen LogP contribution is 2.36. The van der Waals surface area contributed by atoms with Gasteiger partial charge in [0.15, 0.2) is 0 Å². The van der Waals surface area contributed by atoms with Gasteiger partial charge in [0.2, 0.25) is 5.91 Å².